The van der Waals surface area contributed by atoms with E-state index in [2.05, 4.69) is 32.1 Å². The first-order chi connectivity index (χ1) is 10.8. The number of nitrogens with one attached hydrogen (secondary N) is 1. The van der Waals surface area contributed by atoms with Crippen molar-refractivity contribution >= 4 is 16.9 Å². The Hall–Kier alpha value is -3.21. The molecule has 4 rings (SSSR count). The second kappa shape index (κ2) is 4.96. The van der Waals surface area contributed by atoms with E-state index in [0.29, 0.717) is 5.82 Å². The van der Waals surface area contributed by atoms with Gasteiger partial charge < -0.3 is 10.7 Å². The lowest BCUT2D eigenvalue weighted by molar-refractivity contribution is 1.17. The Bertz CT molecular complexity index is 929. The van der Waals surface area contributed by atoms with E-state index in [9.17, 15) is 0 Å². The van der Waals surface area contributed by atoms with Gasteiger partial charge >= 0.3 is 0 Å². The predicted octanol–water partition coefficient (Wildman–Crippen LogP) is 3.27. The molecule has 3 heterocycles. The van der Waals surface area contributed by atoms with Crippen molar-refractivity contribution in [2.45, 2.75) is 0 Å². The average molecular weight is 287 g/mol. The van der Waals surface area contributed by atoms with E-state index < -0.39 is 0 Å². The first-order valence-corrected chi connectivity index (χ1v) is 6.93. The predicted molar refractivity (Wildman–Crippen MR) is 87.0 cm³/mol. The molecular formula is C17H13N5. The van der Waals surface area contributed by atoms with E-state index in [4.69, 9.17) is 5.73 Å². The number of fused-ring (bicyclic) bond motifs is 1. The summed E-state index contributed by atoms with van der Waals surface area (Å²) in [6.45, 7) is 0. The molecule has 3 N–H and O–H groups in total. The third-order valence-electron chi connectivity index (χ3n) is 3.58. The van der Waals surface area contributed by atoms with Gasteiger partial charge in [-0.25, -0.2) is 15.0 Å². The molecular weight excluding hydrogens is 274 g/mol. The Morgan fingerprint density at radius 2 is 1.82 bits per heavy atom. The van der Waals surface area contributed by atoms with Crippen LogP contribution in [0, 0.1) is 0 Å². The molecule has 0 atom stereocenters. The molecule has 0 aliphatic heterocycles. The van der Waals surface area contributed by atoms with Crippen molar-refractivity contribution < 1.29 is 0 Å². The van der Waals surface area contributed by atoms with Crippen LogP contribution in [-0.4, -0.2) is 19.9 Å². The molecule has 0 unspecified atom stereocenters. The number of nitrogen functional groups attached to an aromatic ring is 1. The summed E-state index contributed by atoms with van der Waals surface area (Å²) in [4.78, 5) is 16.1. The average Bonchev–Trinajstić information content (AvgIpc) is 2.95. The number of pyridine rings is 1. The Kier molecular flexibility index (Phi) is 2.83. The standard InChI is InChI=1S/C17H13N5/c18-14-7-6-12-15(13-8-9-19-10-20-13)16(22-17(12)21-14)11-4-2-1-3-5-11/h1-10H,(H3,18,21,22). The molecule has 0 spiro atoms. The van der Waals surface area contributed by atoms with Gasteiger partial charge in [0, 0.05) is 17.1 Å². The number of aromatic nitrogens is 4. The first-order valence-electron chi connectivity index (χ1n) is 6.93. The molecule has 0 aliphatic carbocycles. The van der Waals surface area contributed by atoms with E-state index in [-0.39, 0.29) is 0 Å². The summed E-state index contributed by atoms with van der Waals surface area (Å²) in [5.41, 5.74) is 10.5. The van der Waals surface area contributed by atoms with Crippen molar-refractivity contribution in [3.63, 3.8) is 0 Å². The van der Waals surface area contributed by atoms with E-state index in [0.717, 1.165) is 33.5 Å². The molecule has 3 aromatic heterocycles. The molecule has 5 heteroatoms. The fourth-order valence-electron chi connectivity index (χ4n) is 2.61. The summed E-state index contributed by atoms with van der Waals surface area (Å²) in [6.07, 6.45) is 3.29. The van der Waals surface area contributed by atoms with Crippen molar-refractivity contribution in [1.29, 1.82) is 0 Å². The maximum atomic E-state index is 5.80. The third kappa shape index (κ3) is 2.00. The topological polar surface area (TPSA) is 80.5 Å². The molecule has 0 fully saturated rings. The van der Waals surface area contributed by atoms with Crippen LogP contribution in [0.2, 0.25) is 0 Å². The van der Waals surface area contributed by atoms with Gasteiger partial charge in [-0.1, -0.05) is 30.3 Å². The third-order valence-corrected chi connectivity index (χ3v) is 3.58. The Morgan fingerprint density at radius 3 is 2.59 bits per heavy atom. The first kappa shape index (κ1) is 12.5. The molecule has 5 nitrogen and oxygen atoms in total. The number of anilines is 1. The van der Waals surface area contributed by atoms with Crippen molar-refractivity contribution in [2.24, 2.45) is 0 Å². The number of hydrogen-bond donors (Lipinski definition) is 2. The zero-order chi connectivity index (χ0) is 14.9. The van der Waals surface area contributed by atoms with E-state index in [1.165, 1.54) is 0 Å². The number of aromatic amines is 1. The largest absolute Gasteiger partial charge is 0.384 e. The summed E-state index contributed by atoms with van der Waals surface area (Å²) in [5.74, 6) is 0.489. The van der Waals surface area contributed by atoms with Gasteiger partial charge in [0.2, 0.25) is 0 Å². The molecule has 1 aromatic carbocycles. The van der Waals surface area contributed by atoms with Crippen LogP contribution in [0.4, 0.5) is 5.82 Å². The molecule has 0 saturated carbocycles. The van der Waals surface area contributed by atoms with E-state index in [1.54, 1.807) is 18.6 Å². The SMILES string of the molecule is Nc1ccc2c(-c3ccncn3)c(-c3ccccc3)[nH]c2n1. The summed E-state index contributed by atoms with van der Waals surface area (Å²) in [6, 6.07) is 15.8. The van der Waals surface area contributed by atoms with Gasteiger partial charge in [-0.2, -0.15) is 0 Å². The second-order valence-corrected chi connectivity index (χ2v) is 4.97. The Labute approximate surface area is 126 Å². The van der Waals surface area contributed by atoms with Gasteiger partial charge in [0.15, 0.2) is 0 Å². The Morgan fingerprint density at radius 1 is 0.955 bits per heavy atom. The van der Waals surface area contributed by atoms with Crippen molar-refractivity contribution in [1.82, 2.24) is 19.9 Å². The van der Waals surface area contributed by atoms with E-state index >= 15 is 0 Å². The Balaban J connectivity index is 2.07. The summed E-state index contributed by atoms with van der Waals surface area (Å²) in [7, 11) is 0. The second-order valence-electron chi connectivity index (χ2n) is 4.97. The molecule has 0 amide bonds. The van der Waals surface area contributed by atoms with Crippen molar-refractivity contribution in [2.75, 3.05) is 5.73 Å². The lowest BCUT2D eigenvalue weighted by Gasteiger charge is -2.04. The number of rotatable bonds is 2. The van der Waals surface area contributed by atoms with Gasteiger partial charge in [0.25, 0.3) is 0 Å². The van der Waals surface area contributed by atoms with Gasteiger partial charge in [0.05, 0.1) is 11.4 Å². The normalized spacial score (nSPS) is 10.9. The molecule has 4 aromatic rings. The maximum Gasteiger partial charge on any atom is 0.140 e. The van der Waals surface area contributed by atoms with Crippen molar-refractivity contribution in [3.8, 4) is 22.5 Å². The zero-order valence-electron chi connectivity index (χ0n) is 11.7. The molecule has 106 valence electrons. The van der Waals surface area contributed by atoms with Crippen LogP contribution in [0.3, 0.4) is 0 Å². The molecule has 0 radical (unpaired) electrons. The molecule has 0 saturated heterocycles. The number of nitrogens with two attached hydrogens (primary N) is 1. The van der Waals surface area contributed by atoms with Crippen molar-refractivity contribution in [3.05, 3.63) is 61.1 Å². The molecule has 0 bridgehead atoms. The molecule has 22 heavy (non-hydrogen) atoms. The highest BCUT2D eigenvalue weighted by atomic mass is 14.9. The lowest BCUT2D eigenvalue weighted by atomic mass is 10.0. The maximum absolute atomic E-state index is 5.80. The summed E-state index contributed by atoms with van der Waals surface area (Å²) >= 11 is 0. The number of benzene rings is 1. The van der Waals surface area contributed by atoms with Crippen LogP contribution in [0.25, 0.3) is 33.5 Å². The summed E-state index contributed by atoms with van der Waals surface area (Å²) < 4.78 is 0. The fourth-order valence-corrected chi connectivity index (χ4v) is 2.61. The van der Waals surface area contributed by atoms with Gasteiger partial charge in [0.1, 0.15) is 17.8 Å². The quantitative estimate of drug-likeness (QED) is 0.593. The minimum absolute atomic E-state index is 0.489. The van der Waals surface area contributed by atoms with E-state index in [1.807, 2.05) is 30.3 Å². The van der Waals surface area contributed by atoms with Crippen LogP contribution in [-0.2, 0) is 0 Å². The summed E-state index contributed by atoms with van der Waals surface area (Å²) in [5, 5.41) is 0.992. The highest BCUT2D eigenvalue weighted by Crippen LogP contribution is 2.36. The van der Waals surface area contributed by atoms with Crippen LogP contribution < -0.4 is 5.73 Å². The highest BCUT2D eigenvalue weighted by molar-refractivity contribution is 6.01. The van der Waals surface area contributed by atoms with Crippen LogP contribution in [0.15, 0.2) is 61.1 Å². The lowest BCUT2D eigenvalue weighted by Crippen LogP contribution is -1.89. The smallest absolute Gasteiger partial charge is 0.140 e. The monoisotopic (exact) mass is 287 g/mol. The minimum Gasteiger partial charge on any atom is -0.384 e. The fraction of sp³-hybridized carbons (Fsp3) is 0. The van der Waals surface area contributed by atoms with Crippen LogP contribution >= 0.6 is 0 Å². The highest BCUT2D eigenvalue weighted by Gasteiger charge is 2.16. The zero-order valence-corrected chi connectivity index (χ0v) is 11.7. The van der Waals surface area contributed by atoms with Gasteiger partial charge in [-0.15, -0.1) is 0 Å². The van der Waals surface area contributed by atoms with Crippen LogP contribution in [0.5, 0.6) is 0 Å². The molecule has 0 aliphatic rings. The van der Waals surface area contributed by atoms with Crippen LogP contribution in [0.1, 0.15) is 0 Å². The minimum atomic E-state index is 0.489. The van der Waals surface area contributed by atoms with Gasteiger partial charge in [-0.05, 0) is 23.8 Å². The number of H-pyrrole nitrogens is 1. The van der Waals surface area contributed by atoms with Gasteiger partial charge in [-0.3, -0.25) is 0 Å². The number of hydrogen-bond acceptors (Lipinski definition) is 4. The number of nitrogens with zero attached hydrogens (tertiary/aromatic N) is 3.